The highest BCUT2D eigenvalue weighted by atomic mass is 16.5. The summed E-state index contributed by atoms with van der Waals surface area (Å²) in [5.41, 5.74) is 1.23. The zero-order valence-corrected chi connectivity index (χ0v) is 14.6. The van der Waals surface area contributed by atoms with Crippen LogP contribution in [0.4, 0.5) is 0 Å². The molecular formula is C20H34O. The van der Waals surface area contributed by atoms with Crippen molar-refractivity contribution in [1.82, 2.24) is 0 Å². The molecule has 0 aromatic carbocycles. The van der Waals surface area contributed by atoms with Crippen molar-refractivity contribution < 1.29 is 4.74 Å². The second kappa shape index (κ2) is 4.49. The van der Waals surface area contributed by atoms with Gasteiger partial charge in [0.2, 0.25) is 0 Å². The zero-order chi connectivity index (χ0) is 14.9. The van der Waals surface area contributed by atoms with Gasteiger partial charge in [-0.25, -0.2) is 0 Å². The van der Waals surface area contributed by atoms with Crippen LogP contribution in [0, 0.1) is 34.5 Å². The standard InChI is InChI=1S/C20H34O/c1-14(2)15-8-11-19(4)16(12-15)6-7-17-18(3)9-5-10-20(17,19)21-13-18/h14-17H,5-13H2,1-4H3/t15-,16+,17-,18+,19-,20-/m0/s1. The van der Waals surface area contributed by atoms with Gasteiger partial charge in [0.15, 0.2) is 0 Å². The van der Waals surface area contributed by atoms with Gasteiger partial charge in [0.05, 0.1) is 12.2 Å². The topological polar surface area (TPSA) is 9.23 Å². The Labute approximate surface area is 131 Å². The Bertz CT molecular complexity index is 430. The molecule has 0 aromatic rings. The first-order valence-electron chi connectivity index (χ1n) is 9.55. The first-order valence-corrected chi connectivity index (χ1v) is 9.55. The molecule has 3 saturated carbocycles. The van der Waals surface area contributed by atoms with Crippen LogP contribution < -0.4 is 0 Å². The molecular weight excluding hydrogens is 256 g/mol. The van der Waals surface area contributed by atoms with E-state index in [1.807, 2.05) is 0 Å². The molecule has 1 heterocycles. The summed E-state index contributed by atoms with van der Waals surface area (Å²) < 4.78 is 6.74. The summed E-state index contributed by atoms with van der Waals surface area (Å²) in [5.74, 6) is 3.62. The summed E-state index contributed by atoms with van der Waals surface area (Å²) in [5, 5.41) is 0. The van der Waals surface area contributed by atoms with E-state index in [4.69, 9.17) is 4.74 Å². The number of hydrogen-bond donors (Lipinski definition) is 0. The van der Waals surface area contributed by atoms with Crippen LogP contribution in [0.1, 0.15) is 79.1 Å². The van der Waals surface area contributed by atoms with Crippen molar-refractivity contribution in [3.63, 3.8) is 0 Å². The largest absolute Gasteiger partial charge is 0.374 e. The van der Waals surface area contributed by atoms with Crippen LogP contribution in [0.5, 0.6) is 0 Å². The van der Waals surface area contributed by atoms with Crippen molar-refractivity contribution in [2.45, 2.75) is 84.7 Å². The average molecular weight is 290 g/mol. The maximum Gasteiger partial charge on any atom is 0.0772 e. The van der Waals surface area contributed by atoms with Crippen molar-refractivity contribution in [2.75, 3.05) is 6.61 Å². The Hall–Kier alpha value is -0.0400. The number of fused-ring (bicyclic) bond motifs is 1. The first-order chi connectivity index (χ1) is 9.91. The van der Waals surface area contributed by atoms with Gasteiger partial charge in [0, 0.05) is 0 Å². The summed E-state index contributed by atoms with van der Waals surface area (Å²) in [7, 11) is 0. The summed E-state index contributed by atoms with van der Waals surface area (Å²) in [6.07, 6.45) is 11.4. The van der Waals surface area contributed by atoms with Gasteiger partial charge in [-0.1, -0.05) is 27.7 Å². The maximum atomic E-state index is 6.74. The predicted molar refractivity (Wildman–Crippen MR) is 87.1 cm³/mol. The summed E-state index contributed by atoms with van der Waals surface area (Å²) in [4.78, 5) is 0. The average Bonchev–Trinajstić information content (AvgIpc) is 2.62. The molecule has 21 heavy (non-hydrogen) atoms. The molecule has 0 aromatic heterocycles. The van der Waals surface area contributed by atoms with Gasteiger partial charge in [-0.05, 0) is 85.9 Å². The molecule has 0 unspecified atom stereocenters. The van der Waals surface area contributed by atoms with Crippen LogP contribution in [-0.2, 0) is 4.74 Å². The van der Waals surface area contributed by atoms with Crippen molar-refractivity contribution in [3.05, 3.63) is 0 Å². The van der Waals surface area contributed by atoms with Crippen LogP contribution in [-0.4, -0.2) is 12.2 Å². The fourth-order valence-electron chi connectivity index (χ4n) is 7.14. The zero-order valence-electron chi connectivity index (χ0n) is 14.6. The van der Waals surface area contributed by atoms with Crippen LogP contribution >= 0.6 is 0 Å². The van der Waals surface area contributed by atoms with Gasteiger partial charge >= 0.3 is 0 Å². The van der Waals surface area contributed by atoms with Gasteiger partial charge in [-0.15, -0.1) is 0 Å². The summed E-state index contributed by atoms with van der Waals surface area (Å²) in [6, 6.07) is 0. The lowest BCUT2D eigenvalue weighted by atomic mass is 9.43. The first kappa shape index (κ1) is 14.5. The molecule has 120 valence electrons. The molecule has 1 saturated heterocycles. The summed E-state index contributed by atoms with van der Waals surface area (Å²) >= 11 is 0. The van der Waals surface area contributed by atoms with Gasteiger partial charge in [0.1, 0.15) is 0 Å². The molecule has 0 radical (unpaired) electrons. The Morgan fingerprint density at radius 1 is 1.00 bits per heavy atom. The minimum Gasteiger partial charge on any atom is -0.374 e. The predicted octanol–water partition coefficient (Wildman–Crippen LogP) is 5.43. The van der Waals surface area contributed by atoms with Gasteiger partial charge in [0.25, 0.3) is 0 Å². The van der Waals surface area contributed by atoms with E-state index in [1.165, 1.54) is 51.4 Å². The van der Waals surface area contributed by atoms with E-state index < -0.39 is 0 Å². The molecule has 6 atom stereocenters. The van der Waals surface area contributed by atoms with Crippen LogP contribution in [0.25, 0.3) is 0 Å². The molecule has 0 N–H and O–H groups in total. The Balaban J connectivity index is 1.68. The third kappa shape index (κ3) is 1.73. The highest BCUT2D eigenvalue weighted by Gasteiger charge is 2.69. The van der Waals surface area contributed by atoms with Crippen molar-refractivity contribution in [2.24, 2.45) is 34.5 Å². The Kier molecular flexibility index (Phi) is 3.11. The second-order valence-electron chi connectivity index (χ2n) is 9.71. The molecule has 4 aliphatic rings. The molecule has 2 bridgehead atoms. The molecule has 1 nitrogen and oxygen atoms in total. The lowest BCUT2D eigenvalue weighted by Gasteiger charge is -2.62. The van der Waals surface area contributed by atoms with E-state index in [9.17, 15) is 0 Å². The molecule has 4 fully saturated rings. The van der Waals surface area contributed by atoms with E-state index in [1.54, 1.807) is 0 Å². The lowest BCUT2D eigenvalue weighted by molar-refractivity contribution is -0.197. The summed E-state index contributed by atoms with van der Waals surface area (Å²) in [6.45, 7) is 11.1. The van der Waals surface area contributed by atoms with Crippen LogP contribution in [0.2, 0.25) is 0 Å². The molecule has 3 aliphatic carbocycles. The second-order valence-corrected chi connectivity index (χ2v) is 9.71. The monoisotopic (exact) mass is 290 g/mol. The van der Waals surface area contributed by atoms with E-state index in [2.05, 4.69) is 27.7 Å². The van der Waals surface area contributed by atoms with Gasteiger partial charge < -0.3 is 4.74 Å². The molecule has 1 heteroatoms. The van der Waals surface area contributed by atoms with Crippen LogP contribution in [0.3, 0.4) is 0 Å². The molecule has 1 aliphatic heterocycles. The Morgan fingerprint density at radius 2 is 1.81 bits per heavy atom. The third-order valence-corrected chi connectivity index (χ3v) is 8.60. The van der Waals surface area contributed by atoms with Crippen molar-refractivity contribution in [1.29, 1.82) is 0 Å². The number of hydrogen-bond acceptors (Lipinski definition) is 1. The molecule has 0 spiro atoms. The van der Waals surface area contributed by atoms with E-state index in [0.717, 1.165) is 30.3 Å². The Morgan fingerprint density at radius 3 is 2.57 bits per heavy atom. The van der Waals surface area contributed by atoms with Gasteiger partial charge in [-0.2, -0.15) is 0 Å². The normalized spacial score (nSPS) is 56.1. The maximum absolute atomic E-state index is 6.74. The molecule has 0 amide bonds. The fraction of sp³-hybridized carbons (Fsp3) is 1.00. The van der Waals surface area contributed by atoms with Gasteiger partial charge in [-0.3, -0.25) is 0 Å². The quantitative estimate of drug-likeness (QED) is 0.625. The number of rotatable bonds is 1. The number of ether oxygens (including phenoxy) is 1. The van der Waals surface area contributed by atoms with E-state index >= 15 is 0 Å². The molecule has 4 rings (SSSR count). The SMILES string of the molecule is CC(C)[C@H]1CC[C@@]2(C)[C@H](CC[C@H]3[C@]4(C)CCC[C@]32OC4)C1. The van der Waals surface area contributed by atoms with Crippen molar-refractivity contribution >= 4 is 0 Å². The minimum atomic E-state index is 0.255. The van der Waals surface area contributed by atoms with E-state index in [0.29, 0.717) is 10.8 Å². The smallest absolute Gasteiger partial charge is 0.0772 e. The third-order valence-electron chi connectivity index (χ3n) is 8.60. The lowest BCUT2D eigenvalue weighted by Crippen LogP contribution is -2.62. The fourth-order valence-corrected chi connectivity index (χ4v) is 7.14. The highest BCUT2D eigenvalue weighted by molar-refractivity contribution is 5.18. The minimum absolute atomic E-state index is 0.255. The van der Waals surface area contributed by atoms with Crippen LogP contribution in [0.15, 0.2) is 0 Å². The van der Waals surface area contributed by atoms with Crippen molar-refractivity contribution in [3.8, 4) is 0 Å². The highest BCUT2D eigenvalue weighted by Crippen LogP contribution is 2.70. The van der Waals surface area contributed by atoms with E-state index in [-0.39, 0.29) is 5.60 Å².